The Bertz CT molecular complexity index is 638. The molecule has 0 saturated heterocycles. The first kappa shape index (κ1) is 11.6. The molecule has 0 N–H and O–H groups in total. The minimum atomic E-state index is 0.174. The normalized spacial score (nSPS) is 10.7. The van der Waals surface area contributed by atoms with E-state index in [1.54, 1.807) is 34.6 Å². The summed E-state index contributed by atoms with van der Waals surface area (Å²) in [5.74, 6) is 0.464. The molecular formula is C10H6ClN5S2. The van der Waals surface area contributed by atoms with Crippen LogP contribution in [-0.4, -0.2) is 24.5 Å². The molecule has 0 saturated carbocycles. The lowest BCUT2D eigenvalue weighted by molar-refractivity contribution is 0.824. The molecule has 3 heterocycles. The number of aromatic nitrogens is 5. The average molecular weight is 296 g/mol. The minimum Gasteiger partial charge on any atom is -0.274 e. The predicted molar refractivity (Wildman–Crippen MR) is 70.4 cm³/mol. The van der Waals surface area contributed by atoms with Gasteiger partial charge in [0.15, 0.2) is 5.16 Å². The highest BCUT2D eigenvalue weighted by atomic mass is 35.5. The molecule has 0 atom stereocenters. The van der Waals surface area contributed by atoms with Crippen molar-refractivity contribution in [3.8, 4) is 5.95 Å². The van der Waals surface area contributed by atoms with Crippen LogP contribution in [0.15, 0.2) is 45.6 Å². The van der Waals surface area contributed by atoms with Crippen LogP contribution < -0.4 is 0 Å². The number of hydrogen-bond acceptors (Lipinski definition) is 6. The monoisotopic (exact) mass is 295 g/mol. The Labute approximate surface area is 116 Å². The molecule has 0 aromatic carbocycles. The Morgan fingerprint density at radius 3 is 2.94 bits per heavy atom. The summed E-state index contributed by atoms with van der Waals surface area (Å²) < 4.78 is 2.79. The summed E-state index contributed by atoms with van der Waals surface area (Å²) in [5, 5.41) is 2.75. The van der Waals surface area contributed by atoms with Gasteiger partial charge in [-0.3, -0.25) is 4.57 Å². The quantitative estimate of drug-likeness (QED) is 0.743. The summed E-state index contributed by atoms with van der Waals surface area (Å²) in [4.78, 5) is 16.4. The zero-order valence-corrected chi connectivity index (χ0v) is 11.3. The summed E-state index contributed by atoms with van der Waals surface area (Å²) in [6.07, 6.45) is 5.03. The molecule has 0 aliphatic rings. The van der Waals surface area contributed by atoms with Crippen LogP contribution in [-0.2, 0) is 0 Å². The first-order valence-electron chi connectivity index (χ1n) is 4.92. The number of thiophene rings is 1. The van der Waals surface area contributed by atoms with E-state index in [2.05, 4.69) is 19.9 Å². The Balaban J connectivity index is 1.96. The van der Waals surface area contributed by atoms with Crippen molar-refractivity contribution < 1.29 is 0 Å². The first-order chi connectivity index (χ1) is 8.81. The third kappa shape index (κ3) is 2.53. The van der Waals surface area contributed by atoms with E-state index < -0.39 is 0 Å². The first-order valence-corrected chi connectivity index (χ1v) is 7.00. The van der Waals surface area contributed by atoms with Gasteiger partial charge >= 0.3 is 0 Å². The van der Waals surface area contributed by atoms with Crippen LogP contribution in [0.4, 0.5) is 0 Å². The summed E-state index contributed by atoms with van der Waals surface area (Å²) in [5.41, 5.74) is 0. The molecule has 90 valence electrons. The molecule has 0 radical (unpaired) electrons. The van der Waals surface area contributed by atoms with Gasteiger partial charge in [0.1, 0.15) is 6.33 Å². The second kappa shape index (κ2) is 5.05. The maximum absolute atomic E-state index is 5.90. The van der Waals surface area contributed by atoms with Crippen LogP contribution in [0.2, 0.25) is 5.28 Å². The maximum atomic E-state index is 5.90. The molecule has 3 aromatic rings. The van der Waals surface area contributed by atoms with E-state index in [9.17, 15) is 0 Å². The van der Waals surface area contributed by atoms with Crippen molar-refractivity contribution >= 4 is 34.7 Å². The van der Waals surface area contributed by atoms with Gasteiger partial charge in [0, 0.05) is 12.4 Å². The third-order valence-corrected chi connectivity index (χ3v) is 4.07. The molecule has 0 bridgehead atoms. The minimum absolute atomic E-state index is 0.174. The summed E-state index contributed by atoms with van der Waals surface area (Å²) >= 11 is 8.99. The number of hydrogen-bond donors (Lipinski definition) is 0. The van der Waals surface area contributed by atoms with Gasteiger partial charge in [-0.1, -0.05) is 6.07 Å². The highest BCUT2D eigenvalue weighted by Crippen LogP contribution is 2.29. The fraction of sp³-hybridized carbons (Fsp3) is 0. The summed E-state index contributed by atoms with van der Waals surface area (Å²) in [7, 11) is 0. The van der Waals surface area contributed by atoms with Crippen molar-refractivity contribution in [2.24, 2.45) is 0 Å². The van der Waals surface area contributed by atoms with Crippen molar-refractivity contribution in [1.29, 1.82) is 0 Å². The largest absolute Gasteiger partial charge is 0.274 e. The van der Waals surface area contributed by atoms with Crippen molar-refractivity contribution in [3.05, 3.63) is 41.5 Å². The van der Waals surface area contributed by atoms with Gasteiger partial charge in [0.2, 0.25) is 11.2 Å². The van der Waals surface area contributed by atoms with Crippen LogP contribution >= 0.6 is 34.7 Å². The molecule has 18 heavy (non-hydrogen) atoms. The van der Waals surface area contributed by atoms with E-state index in [0.717, 1.165) is 4.21 Å². The molecule has 8 heteroatoms. The van der Waals surface area contributed by atoms with Gasteiger partial charge in [0.25, 0.3) is 0 Å². The Kier molecular flexibility index (Phi) is 3.26. The average Bonchev–Trinajstić information content (AvgIpc) is 3.00. The van der Waals surface area contributed by atoms with Gasteiger partial charge in [-0.05, 0) is 34.8 Å². The Morgan fingerprint density at radius 2 is 2.22 bits per heavy atom. The van der Waals surface area contributed by atoms with Crippen LogP contribution in [0.1, 0.15) is 0 Å². The number of imidazole rings is 1. The molecule has 3 rings (SSSR count). The number of halogens is 1. The summed E-state index contributed by atoms with van der Waals surface area (Å²) in [6.45, 7) is 0. The standard InChI is InChI=1S/C10H6ClN5S2/c11-8-13-9(16-4-3-12-6-16)15-10(14-8)18-7-2-1-5-17-7/h1-6H. The Morgan fingerprint density at radius 1 is 1.28 bits per heavy atom. The fourth-order valence-electron chi connectivity index (χ4n) is 1.27. The molecule has 0 aliphatic carbocycles. The smallest absolute Gasteiger partial charge is 0.240 e. The van der Waals surface area contributed by atoms with E-state index in [-0.39, 0.29) is 5.28 Å². The highest BCUT2D eigenvalue weighted by Gasteiger charge is 2.08. The van der Waals surface area contributed by atoms with Gasteiger partial charge in [-0.25, -0.2) is 4.98 Å². The SMILES string of the molecule is Clc1nc(Sc2cccs2)nc(-n2ccnc2)n1. The van der Waals surface area contributed by atoms with E-state index in [1.807, 2.05) is 17.5 Å². The van der Waals surface area contributed by atoms with Gasteiger partial charge in [-0.2, -0.15) is 15.0 Å². The second-order valence-electron chi connectivity index (χ2n) is 3.19. The van der Waals surface area contributed by atoms with E-state index in [4.69, 9.17) is 11.6 Å². The zero-order valence-electron chi connectivity index (χ0n) is 8.89. The van der Waals surface area contributed by atoms with E-state index in [1.165, 1.54) is 11.8 Å². The van der Waals surface area contributed by atoms with Gasteiger partial charge in [0.05, 0.1) is 4.21 Å². The molecule has 3 aromatic heterocycles. The Hall–Kier alpha value is -1.44. The maximum Gasteiger partial charge on any atom is 0.240 e. The molecule has 0 spiro atoms. The molecule has 0 amide bonds. The van der Waals surface area contributed by atoms with Crippen molar-refractivity contribution in [1.82, 2.24) is 24.5 Å². The van der Waals surface area contributed by atoms with Crippen molar-refractivity contribution in [3.63, 3.8) is 0 Å². The van der Waals surface area contributed by atoms with Crippen molar-refractivity contribution in [2.45, 2.75) is 9.37 Å². The molecule has 0 unspecified atom stereocenters. The number of nitrogens with zero attached hydrogens (tertiary/aromatic N) is 5. The molecule has 5 nitrogen and oxygen atoms in total. The van der Waals surface area contributed by atoms with Gasteiger partial charge in [-0.15, -0.1) is 11.3 Å². The summed E-state index contributed by atoms with van der Waals surface area (Å²) in [6, 6.07) is 3.98. The molecule has 0 aliphatic heterocycles. The van der Waals surface area contributed by atoms with E-state index in [0.29, 0.717) is 11.1 Å². The van der Waals surface area contributed by atoms with Gasteiger partial charge < -0.3 is 0 Å². The lowest BCUT2D eigenvalue weighted by Crippen LogP contribution is -2.02. The second-order valence-corrected chi connectivity index (χ2v) is 5.74. The molecule has 0 fully saturated rings. The lowest BCUT2D eigenvalue weighted by atomic mass is 10.7. The van der Waals surface area contributed by atoms with E-state index >= 15 is 0 Å². The van der Waals surface area contributed by atoms with Crippen LogP contribution in [0.5, 0.6) is 0 Å². The topological polar surface area (TPSA) is 56.5 Å². The van der Waals surface area contributed by atoms with Crippen molar-refractivity contribution in [2.75, 3.05) is 0 Å². The highest BCUT2D eigenvalue weighted by molar-refractivity contribution is 8.01. The lowest BCUT2D eigenvalue weighted by Gasteiger charge is -2.02. The third-order valence-electron chi connectivity index (χ3n) is 2.00. The fourth-order valence-corrected chi connectivity index (χ4v) is 3.09. The van der Waals surface area contributed by atoms with Crippen LogP contribution in [0.25, 0.3) is 5.95 Å². The zero-order chi connectivity index (χ0) is 12.4. The number of rotatable bonds is 3. The predicted octanol–water partition coefficient (Wildman–Crippen LogP) is 2.92. The van der Waals surface area contributed by atoms with Crippen LogP contribution in [0.3, 0.4) is 0 Å². The molecular weight excluding hydrogens is 290 g/mol. The van der Waals surface area contributed by atoms with Crippen LogP contribution in [0, 0.1) is 0 Å².